The number of aryl methyl sites for hydroxylation is 1. The molecular weight excluding hydrogens is 290 g/mol. The molecule has 3 rings (SSSR count). The number of nitrogens with zero attached hydrogens (tertiary/aromatic N) is 2. The first-order valence-electron chi connectivity index (χ1n) is 8.26. The molecule has 1 aromatic heterocycles. The Morgan fingerprint density at radius 1 is 1.30 bits per heavy atom. The molecule has 23 heavy (non-hydrogen) atoms. The fraction of sp³-hybridized carbons (Fsp3) is 0.556. The van der Waals surface area contributed by atoms with Gasteiger partial charge < -0.3 is 9.64 Å². The van der Waals surface area contributed by atoms with Gasteiger partial charge in [-0.05, 0) is 52.2 Å². The highest BCUT2D eigenvalue weighted by molar-refractivity contribution is 5.85. The van der Waals surface area contributed by atoms with Crippen LogP contribution in [0.4, 0.5) is 4.79 Å². The van der Waals surface area contributed by atoms with Gasteiger partial charge in [-0.25, -0.2) is 4.79 Å². The standard InChI is InChI=1S/C18H25N3O2/c1-12-6-5-7-14-15(12)16(20-19-14)13-8-10-21(11-9-13)17(22)23-18(2,3)4/h5-7,13H,8-11H2,1-4H3,(H,19,20). The van der Waals surface area contributed by atoms with Gasteiger partial charge in [-0.2, -0.15) is 5.10 Å². The van der Waals surface area contributed by atoms with E-state index in [4.69, 9.17) is 4.74 Å². The topological polar surface area (TPSA) is 58.2 Å². The number of nitrogens with one attached hydrogen (secondary N) is 1. The number of aromatic amines is 1. The number of hydrogen-bond acceptors (Lipinski definition) is 3. The summed E-state index contributed by atoms with van der Waals surface area (Å²) in [5.41, 5.74) is 3.04. The number of piperidine rings is 1. The Hall–Kier alpha value is -2.04. The van der Waals surface area contributed by atoms with Crippen LogP contribution in [0.3, 0.4) is 0 Å². The summed E-state index contributed by atoms with van der Waals surface area (Å²) >= 11 is 0. The summed E-state index contributed by atoms with van der Waals surface area (Å²) in [6.07, 6.45) is 1.66. The summed E-state index contributed by atoms with van der Waals surface area (Å²) in [7, 11) is 0. The molecule has 1 aliphatic heterocycles. The molecule has 1 saturated heterocycles. The van der Waals surface area contributed by atoms with Gasteiger partial charge in [0.05, 0.1) is 5.52 Å². The predicted molar refractivity (Wildman–Crippen MR) is 90.6 cm³/mol. The monoisotopic (exact) mass is 315 g/mol. The molecular formula is C18H25N3O2. The Bertz CT molecular complexity index is 707. The fourth-order valence-electron chi connectivity index (χ4n) is 3.24. The molecule has 0 spiro atoms. The molecule has 1 N–H and O–H groups in total. The van der Waals surface area contributed by atoms with Crippen molar-refractivity contribution in [2.45, 2.75) is 52.1 Å². The second kappa shape index (κ2) is 5.87. The van der Waals surface area contributed by atoms with Gasteiger partial charge in [0.25, 0.3) is 0 Å². The van der Waals surface area contributed by atoms with E-state index >= 15 is 0 Å². The highest BCUT2D eigenvalue weighted by Crippen LogP contribution is 2.33. The number of amides is 1. The summed E-state index contributed by atoms with van der Waals surface area (Å²) in [5.74, 6) is 0.416. The van der Waals surface area contributed by atoms with Gasteiger partial charge in [0.1, 0.15) is 5.60 Å². The third kappa shape index (κ3) is 3.33. The van der Waals surface area contributed by atoms with Gasteiger partial charge >= 0.3 is 6.09 Å². The van der Waals surface area contributed by atoms with Crippen LogP contribution in [0.25, 0.3) is 10.9 Å². The lowest BCUT2D eigenvalue weighted by molar-refractivity contribution is 0.0204. The van der Waals surface area contributed by atoms with E-state index in [1.54, 1.807) is 0 Å². The Morgan fingerprint density at radius 3 is 2.65 bits per heavy atom. The third-order valence-electron chi connectivity index (χ3n) is 4.37. The number of likely N-dealkylation sites (tertiary alicyclic amines) is 1. The maximum atomic E-state index is 12.2. The smallest absolute Gasteiger partial charge is 0.410 e. The van der Waals surface area contributed by atoms with Crippen molar-refractivity contribution in [3.8, 4) is 0 Å². The number of benzene rings is 1. The van der Waals surface area contributed by atoms with E-state index in [0.717, 1.165) is 31.4 Å². The van der Waals surface area contributed by atoms with Crippen LogP contribution in [0.15, 0.2) is 18.2 Å². The zero-order valence-electron chi connectivity index (χ0n) is 14.3. The zero-order chi connectivity index (χ0) is 16.6. The van der Waals surface area contributed by atoms with Gasteiger partial charge in [0, 0.05) is 30.1 Å². The van der Waals surface area contributed by atoms with Crippen LogP contribution in [0.2, 0.25) is 0 Å². The Labute approximate surface area is 137 Å². The number of carbonyl (C=O) groups excluding carboxylic acids is 1. The van der Waals surface area contributed by atoms with E-state index in [1.807, 2.05) is 37.8 Å². The first-order chi connectivity index (χ1) is 10.8. The van der Waals surface area contributed by atoms with Crippen LogP contribution in [0.5, 0.6) is 0 Å². The van der Waals surface area contributed by atoms with Crippen molar-refractivity contribution in [2.75, 3.05) is 13.1 Å². The average molecular weight is 315 g/mol. The number of fused-ring (bicyclic) bond motifs is 1. The molecule has 5 nitrogen and oxygen atoms in total. The number of ether oxygens (including phenoxy) is 1. The van der Waals surface area contributed by atoms with Crippen molar-refractivity contribution >= 4 is 17.0 Å². The molecule has 5 heteroatoms. The highest BCUT2D eigenvalue weighted by Gasteiger charge is 2.29. The van der Waals surface area contributed by atoms with E-state index < -0.39 is 5.60 Å². The van der Waals surface area contributed by atoms with E-state index in [-0.39, 0.29) is 6.09 Å². The van der Waals surface area contributed by atoms with Crippen molar-refractivity contribution in [1.29, 1.82) is 0 Å². The van der Waals surface area contributed by atoms with Crippen molar-refractivity contribution < 1.29 is 9.53 Å². The average Bonchev–Trinajstić information content (AvgIpc) is 2.91. The molecule has 0 bridgehead atoms. The first-order valence-corrected chi connectivity index (χ1v) is 8.26. The number of hydrogen-bond donors (Lipinski definition) is 1. The summed E-state index contributed by atoms with van der Waals surface area (Å²) in [5, 5.41) is 8.89. The molecule has 1 aromatic carbocycles. The number of carbonyl (C=O) groups is 1. The minimum atomic E-state index is -0.440. The lowest BCUT2D eigenvalue weighted by atomic mass is 9.90. The maximum absolute atomic E-state index is 12.2. The molecule has 1 aliphatic rings. The van der Waals surface area contributed by atoms with Crippen LogP contribution in [0, 0.1) is 6.92 Å². The SMILES string of the molecule is Cc1cccc2n[nH]c(C3CCN(C(=O)OC(C)(C)C)CC3)c12. The summed E-state index contributed by atoms with van der Waals surface area (Å²) in [4.78, 5) is 14.0. The molecule has 2 heterocycles. The molecule has 0 radical (unpaired) electrons. The molecule has 1 fully saturated rings. The Kier molecular flexibility index (Phi) is 4.04. The molecule has 124 valence electrons. The third-order valence-corrected chi connectivity index (χ3v) is 4.37. The Morgan fingerprint density at radius 2 is 2.00 bits per heavy atom. The zero-order valence-corrected chi connectivity index (χ0v) is 14.3. The Balaban J connectivity index is 1.70. The van der Waals surface area contributed by atoms with Crippen LogP contribution in [-0.2, 0) is 4.74 Å². The van der Waals surface area contributed by atoms with Gasteiger partial charge in [-0.3, -0.25) is 5.10 Å². The normalized spacial score (nSPS) is 16.8. The summed E-state index contributed by atoms with van der Waals surface area (Å²) in [6.45, 7) is 9.28. The van der Waals surface area contributed by atoms with Crippen molar-refractivity contribution in [3.63, 3.8) is 0 Å². The quantitative estimate of drug-likeness (QED) is 0.865. The minimum absolute atomic E-state index is 0.207. The lowest BCUT2D eigenvalue weighted by Gasteiger charge is -2.33. The van der Waals surface area contributed by atoms with Gasteiger partial charge in [0.15, 0.2) is 0 Å². The van der Waals surface area contributed by atoms with Crippen molar-refractivity contribution in [3.05, 3.63) is 29.5 Å². The van der Waals surface area contributed by atoms with Crippen LogP contribution < -0.4 is 0 Å². The summed E-state index contributed by atoms with van der Waals surface area (Å²) in [6, 6.07) is 6.20. The molecule has 0 unspecified atom stereocenters. The van der Waals surface area contributed by atoms with E-state index in [2.05, 4.69) is 23.2 Å². The van der Waals surface area contributed by atoms with E-state index in [0.29, 0.717) is 5.92 Å². The van der Waals surface area contributed by atoms with Crippen LogP contribution >= 0.6 is 0 Å². The minimum Gasteiger partial charge on any atom is -0.444 e. The maximum Gasteiger partial charge on any atom is 0.410 e. The second-order valence-electron chi connectivity index (χ2n) is 7.35. The molecule has 1 amide bonds. The number of aromatic nitrogens is 2. The van der Waals surface area contributed by atoms with Gasteiger partial charge in [0.2, 0.25) is 0 Å². The van der Waals surface area contributed by atoms with Crippen molar-refractivity contribution in [2.24, 2.45) is 0 Å². The second-order valence-corrected chi connectivity index (χ2v) is 7.35. The van der Waals surface area contributed by atoms with Crippen LogP contribution in [0.1, 0.15) is 50.8 Å². The van der Waals surface area contributed by atoms with E-state index in [9.17, 15) is 4.79 Å². The first kappa shape index (κ1) is 15.8. The van der Waals surface area contributed by atoms with Gasteiger partial charge in [-0.15, -0.1) is 0 Å². The lowest BCUT2D eigenvalue weighted by Crippen LogP contribution is -2.41. The highest BCUT2D eigenvalue weighted by atomic mass is 16.6. The predicted octanol–water partition coefficient (Wildman–Crippen LogP) is 3.99. The molecule has 0 atom stereocenters. The number of H-pyrrole nitrogens is 1. The molecule has 0 saturated carbocycles. The molecule has 2 aromatic rings. The number of rotatable bonds is 1. The van der Waals surface area contributed by atoms with E-state index in [1.165, 1.54) is 16.6 Å². The summed E-state index contributed by atoms with van der Waals surface area (Å²) < 4.78 is 5.46. The fourth-order valence-corrected chi connectivity index (χ4v) is 3.24. The molecule has 0 aliphatic carbocycles. The van der Waals surface area contributed by atoms with Crippen molar-refractivity contribution in [1.82, 2.24) is 15.1 Å². The van der Waals surface area contributed by atoms with Gasteiger partial charge in [-0.1, -0.05) is 12.1 Å². The largest absolute Gasteiger partial charge is 0.444 e. The van der Waals surface area contributed by atoms with Crippen LogP contribution in [-0.4, -0.2) is 39.9 Å².